The Bertz CT molecular complexity index is 1720. The standard InChI is InChI=1S/C29H27Cl2N5O2/c1-17(2)34-10-12-35(13-11-34)25-9-4-19(16-32-25)26-28-27(22-15-20(30)5-8-24(22)38-28)36(29(37)33-26)21-6-7-23(31)18(3)14-21/h4-9,14-17H,10-13H2,1-3H3. The maximum absolute atomic E-state index is 13.6. The fraction of sp³-hybridized carbons (Fsp3) is 0.276. The Kier molecular flexibility index (Phi) is 6.38. The summed E-state index contributed by atoms with van der Waals surface area (Å²) >= 11 is 12.6. The zero-order valence-electron chi connectivity index (χ0n) is 21.4. The first-order chi connectivity index (χ1) is 18.3. The summed E-state index contributed by atoms with van der Waals surface area (Å²) in [5, 5.41) is 1.90. The lowest BCUT2D eigenvalue weighted by Crippen LogP contribution is -2.49. The quantitative estimate of drug-likeness (QED) is 0.261. The van der Waals surface area contributed by atoms with E-state index in [0.29, 0.717) is 49.7 Å². The number of hydrogen-bond donors (Lipinski definition) is 0. The van der Waals surface area contributed by atoms with Crippen molar-refractivity contribution in [2.45, 2.75) is 26.8 Å². The van der Waals surface area contributed by atoms with Crippen LogP contribution < -0.4 is 10.6 Å². The van der Waals surface area contributed by atoms with Crippen molar-refractivity contribution < 1.29 is 4.42 Å². The summed E-state index contributed by atoms with van der Waals surface area (Å²) in [7, 11) is 0. The Hall–Kier alpha value is -3.39. The van der Waals surface area contributed by atoms with Crippen molar-refractivity contribution >= 4 is 51.1 Å². The van der Waals surface area contributed by atoms with Crippen LogP contribution in [0.25, 0.3) is 39.0 Å². The van der Waals surface area contributed by atoms with E-state index in [1.807, 2.05) is 37.3 Å². The van der Waals surface area contributed by atoms with Crippen LogP contribution in [-0.2, 0) is 0 Å². The molecule has 3 aromatic heterocycles. The van der Waals surface area contributed by atoms with Crippen molar-refractivity contribution in [3.63, 3.8) is 0 Å². The highest BCUT2D eigenvalue weighted by Gasteiger charge is 2.23. The summed E-state index contributed by atoms with van der Waals surface area (Å²) in [5.74, 6) is 0.912. The minimum atomic E-state index is -0.425. The molecule has 0 bridgehead atoms. The number of fused-ring (bicyclic) bond motifs is 3. The summed E-state index contributed by atoms with van der Waals surface area (Å²) in [4.78, 5) is 27.5. The average molecular weight is 548 g/mol. The van der Waals surface area contributed by atoms with Gasteiger partial charge in [-0.15, -0.1) is 0 Å². The molecule has 1 saturated heterocycles. The highest BCUT2D eigenvalue weighted by Crippen LogP contribution is 2.36. The van der Waals surface area contributed by atoms with E-state index in [1.54, 1.807) is 29.0 Å². The van der Waals surface area contributed by atoms with Crippen LogP contribution in [0.1, 0.15) is 19.4 Å². The third kappa shape index (κ3) is 4.34. The topological polar surface area (TPSA) is 67.4 Å². The second-order valence-corrected chi connectivity index (χ2v) is 10.8. The van der Waals surface area contributed by atoms with Crippen LogP contribution in [-0.4, -0.2) is 51.7 Å². The van der Waals surface area contributed by atoms with Gasteiger partial charge in [-0.05, 0) is 74.9 Å². The monoisotopic (exact) mass is 547 g/mol. The Morgan fingerprint density at radius 3 is 2.45 bits per heavy atom. The van der Waals surface area contributed by atoms with E-state index in [0.717, 1.165) is 42.9 Å². The molecule has 4 heterocycles. The first-order valence-corrected chi connectivity index (χ1v) is 13.4. The molecule has 0 saturated carbocycles. The first-order valence-electron chi connectivity index (χ1n) is 12.7. The SMILES string of the molecule is Cc1cc(-n2c(=O)nc(-c3ccc(N4CCN(C(C)C)CC4)nc3)c3oc4ccc(Cl)cc4c32)ccc1Cl. The third-order valence-electron chi connectivity index (χ3n) is 7.25. The number of rotatable bonds is 4. The van der Waals surface area contributed by atoms with E-state index in [-0.39, 0.29) is 0 Å². The summed E-state index contributed by atoms with van der Waals surface area (Å²) in [6, 6.07) is 15.3. The van der Waals surface area contributed by atoms with Gasteiger partial charge in [0.25, 0.3) is 0 Å². The number of furan rings is 1. The number of nitrogens with zero attached hydrogens (tertiary/aromatic N) is 5. The molecular weight excluding hydrogens is 521 g/mol. The van der Waals surface area contributed by atoms with E-state index in [9.17, 15) is 4.79 Å². The fourth-order valence-corrected chi connectivity index (χ4v) is 5.40. The van der Waals surface area contributed by atoms with Gasteiger partial charge >= 0.3 is 5.69 Å². The highest BCUT2D eigenvalue weighted by molar-refractivity contribution is 6.32. The maximum atomic E-state index is 13.6. The van der Waals surface area contributed by atoms with Crippen LogP contribution in [0.5, 0.6) is 0 Å². The lowest BCUT2D eigenvalue weighted by molar-refractivity contribution is 0.209. The van der Waals surface area contributed by atoms with Crippen molar-refractivity contribution in [2.75, 3.05) is 31.1 Å². The smallest absolute Gasteiger partial charge is 0.353 e. The molecule has 0 aliphatic carbocycles. The second-order valence-electron chi connectivity index (χ2n) is 9.95. The first kappa shape index (κ1) is 24.9. The molecule has 194 valence electrons. The predicted octanol–water partition coefficient (Wildman–Crippen LogP) is 6.34. The van der Waals surface area contributed by atoms with E-state index in [1.165, 1.54) is 0 Å². The van der Waals surface area contributed by atoms with Crippen molar-refractivity contribution in [3.8, 4) is 16.9 Å². The molecule has 2 aromatic carbocycles. The number of hydrogen-bond acceptors (Lipinski definition) is 6. The Morgan fingerprint density at radius 1 is 0.974 bits per heavy atom. The summed E-state index contributed by atoms with van der Waals surface area (Å²) in [5.41, 5.74) is 3.95. The molecule has 0 amide bonds. The summed E-state index contributed by atoms with van der Waals surface area (Å²) in [6.45, 7) is 10.2. The molecule has 1 aliphatic rings. The van der Waals surface area contributed by atoms with Crippen LogP contribution in [0.15, 0.2) is 63.9 Å². The van der Waals surface area contributed by atoms with E-state index >= 15 is 0 Å². The van der Waals surface area contributed by atoms with Gasteiger partial charge in [0.15, 0.2) is 5.58 Å². The molecule has 1 fully saturated rings. The van der Waals surface area contributed by atoms with E-state index in [2.05, 4.69) is 28.6 Å². The van der Waals surface area contributed by atoms with E-state index in [4.69, 9.17) is 32.6 Å². The van der Waals surface area contributed by atoms with Gasteiger partial charge in [0, 0.05) is 59.4 Å². The van der Waals surface area contributed by atoms with Crippen LogP contribution >= 0.6 is 23.2 Å². The van der Waals surface area contributed by atoms with Gasteiger partial charge in [0.1, 0.15) is 22.6 Å². The number of anilines is 1. The van der Waals surface area contributed by atoms with Gasteiger partial charge in [-0.3, -0.25) is 9.47 Å². The van der Waals surface area contributed by atoms with Crippen molar-refractivity contribution in [1.82, 2.24) is 19.4 Å². The summed E-state index contributed by atoms with van der Waals surface area (Å²) in [6.07, 6.45) is 1.77. The molecule has 0 atom stereocenters. The Labute approximate surface area is 230 Å². The molecule has 9 heteroatoms. The Balaban J connectivity index is 1.48. The molecule has 0 radical (unpaired) electrons. The molecular formula is C29H27Cl2N5O2. The number of piperazine rings is 1. The second kappa shape index (κ2) is 9.73. The zero-order chi connectivity index (χ0) is 26.6. The average Bonchev–Trinajstić information content (AvgIpc) is 3.28. The molecule has 1 aliphatic heterocycles. The van der Waals surface area contributed by atoms with Gasteiger partial charge < -0.3 is 9.32 Å². The van der Waals surface area contributed by atoms with Crippen molar-refractivity contribution in [2.24, 2.45) is 0 Å². The fourth-order valence-electron chi connectivity index (χ4n) is 5.12. The van der Waals surface area contributed by atoms with E-state index < -0.39 is 5.69 Å². The lowest BCUT2D eigenvalue weighted by atomic mass is 10.1. The molecule has 0 N–H and O–H groups in total. The van der Waals surface area contributed by atoms with Gasteiger partial charge in [0.2, 0.25) is 0 Å². The highest BCUT2D eigenvalue weighted by atomic mass is 35.5. The van der Waals surface area contributed by atoms with Gasteiger partial charge in [-0.25, -0.2) is 9.78 Å². The minimum Gasteiger partial charge on any atom is -0.452 e. The molecule has 7 nitrogen and oxygen atoms in total. The van der Waals surface area contributed by atoms with Crippen LogP contribution in [0.3, 0.4) is 0 Å². The Morgan fingerprint density at radius 2 is 1.76 bits per heavy atom. The molecule has 38 heavy (non-hydrogen) atoms. The lowest BCUT2D eigenvalue weighted by Gasteiger charge is -2.37. The molecule has 6 rings (SSSR count). The number of pyridine rings is 1. The normalized spacial score (nSPS) is 14.7. The van der Waals surface area contributed by atoms with Gasteiger partial charge in [0.05, 0.1) is 5.69 Å². The molecule has 0 unspecified atom stereocenters. The predicted molar refractivity (Wildman–Crippen MR) is 154 cm³/mol. The summed E-state index contributed by atoms with van der Waals surface area (Å²) < 4.78 is 7.85. The van der Waals surface area contributed by atoms with Crippen LogP contribution in [0, 0.1) is 6.92 Å². The minimum absolute atomic E-state index is 0.425. The molecule has 5 aromatic rings. The number of aromatic nitrogens is 3. The van der Waals surface area contributed by atoms with Gasteiger partial charge in [-0.2, -0.15) is 4.98 Å². The van der Waals surface area contributed by atoms with Crippen LogP contribution in [0.4, 0.5) is 5.82 Å². The largest absolute Gasteiger partial charge is 0.452 e. The number of aryl methyl sites for hydroxylation is 1. The maximum Gasteiger partial charge on any atom is 0.353 e. The number of benzene rings is 2. The molecule has 0 spiro atoms. The van der Waals surface area contributed by atoms with Crippen molar-refractivity contribution in [3.05, 3.63) is 80.8 Å². The third-order valence-corrected chi connectivity index (χ3v) is 7.91. The zero-order valence-corrected chi connectivity index (χ0v) is 22.9. The van der Waals surface area contributed by atoms with Crippen molar-refractivity contribution in [1.29, 1.82) is 0 Å². The number of halogens is 2. The van der Waals surface area contributed by atoms with Gasteiger partial charge in [-0.1, -0.05) is 23.2 Å². The van der Waals surface area contributed by atoms with Crippen LogP contribution in [0.2, 0.25) is 10.0 Å².